The fourth-order valence-corrected chi connectivity index (χ4v) is 2.39. The van der Waals surface area contributed by atoms with E-state index in [0.717, 1.165) is 28.5 Å². The van der Waals surface area contributed by atoms with Crippen LogP contribution >= 0.6 is 11.8 Å². The average Bonchev–Trinajstić information content (AvgIpc) is 2.54. The Morgan fingerprint density at radius 1 is 1.31 bits per heavy atom. The summed E-state index contributed by atoms with van der Waals surface area (Å²) in [4.78, 5) is 12.4. The molecule has 1 heterocycles. The number of amides is 1. The van der Waals surface area contributed by atoms with Gasteiger partial charge in [0, 0.05) is 23.3 Å². The Balaban J connectivity index is 2.24. The van der Waals surface area contributed by atoms with Gasteiger partial charge in [0.1, 0.15) is 5.75 Å². The lowest BCUT2D eigenvalue weighted by molar-refractivity contribution is -0.116. The topological polar surface area (TPSA) is 38.3 Å². The first-order chi connectivity index (χ1) is 7.79. The molecule has 4 heteroatoms. The molecule has 0 saturated heterocycles. The Hall–Kier alpha value is -1.42. The van der Waals surface area contributed by atoms with E-state index in [1.165, 1.54) is 0 Å². The van der Waals surface area contributed by atoms with E-state index < -0.39 is 0 Å². The quantitative estimate of drug-likeness (QED) is 0.851. The number of carbonyl (C=O) groups is 1. The standard InChI is InChI=1S/C12H13NO2S/c1-15-10-4-2-9(3-5-10)11-8-12(14)13-6-7-16-11/h2-5,8H,6-7H2,1H3,(H,13,14). The average molecular weight is 235 g/mol. The molecule has 16 heavy (non-hydrogen) atoms. The molecule has 1 amide bonds. The highest BCUT2D eigenvalue weighted by Gasteiger charge is 2.09. The maximum atomic E-state index is 11.4. The number of carbonyl (C=O) groups excluding carboxylic acids is 1. The molecule has 0 aliphatic carbocycles. The molecule has 0 bridgehead atoms. The van der Waals surface area contributed by atoms with Crippen molar-refractivity contribution in [1.29, 1.82) is 0 Å². The summed E-state index contributed by atoms with van der Waals surface area (Å²) in [5.74, 6) is 1.71. The highest BCUT2D eigenvalue weighted by Crippen LogP contribution is 2.29. The van der Waals surface area contributed by atoms with Gasteiger partial charge in [0.2, 0.25) is 5.91 Å². The van der Waals surface area contributed by atoms with Crippen LogP contribution in [0.3, 0.4) is 0 Å². The van der Waals surface area contributed by atoms with Gasteiger partial charge in [-0.3, -0.25) is 4.79 Å². The molecule has 0 radical (unpaired) electrons. The summed E-state index contributed by atoms with van der Waals surface area (Å²) >= 11 is 1.69. The first kappa shape index (κ1) is 11.1. The first-order valence-electron chi connectivity index (χ1n) is 5.06. The van der Waals surface area contributed by atoms with E-state index in [0.29, 0.717) is 0 Å². The monoisotopic (exact) mass is 235 g/mol. The number of nitrogens with one attached hydrogen (secondary N) is 1. The van der Waals surface area contributed by atoms with Crippen molar-refractivity contribution in [3.8, 4) is 5.75 Å². The van der Waals surface area contributed by atoms with Crippen molar-refractivity contribution >= 4 is 22.6 Å². The lowest BCUT2D eigenvalue weighted by atomic mass is 10.2. The highest BCUT2D eigenvalue weighted by atomic mass is 32.2. The molecular weight excluding hydrogens is 222 g/mol. The molecule has 0 saturated carbocycles. The van der Waals surface area contributed by atoms with Crippen LogP contribution in [-0.4, -0.2) is 25.3 Å². The largest absolute Gasteiger partial charge is 0.497 e. The third kappa shape index (κ3) is 2.58. The lowest BCUT2D eigenvalue weighted by Gasteiger charge is -2.05. The number of methoxy groups -OCH3 is 1. The van der Waals surface area contributed by atoms with Gasteiger partial charge in [0.25, 0.3) is 0 Å². The van der Waals surface area contributed by atoms with E-state index in [2.05, 4.69) is 5.32 Å². The van der Waals surface area contributed by atoms with Gasteiger partial charge in [0.05, 0.1) is 7.11 Å². The van der Waals surface area contributed by atoms with Crippen LogP contribution in [-0.2, 0) is 4.79 Å². The van der Waals surface area contributed by atoms with E-state index in [4.69, 9.17) is 4.74 Å². The number of hydrogen-bond donors (Lipinski definition) is 1. The smallest absolute Gasteiger partial charge is 0.245 e. The van der Waals surface area contributed by atoms with Crippen molar-refractivity contribution in [2.75, 3.05) is 19.4 Å². The molecule has 3 nitrogen and oxygen atoms in total. The Kier molecular flexibility index (Phi) is 3.51. The van der Waals surface area contributed by atoms with Crippen LogP contribution in [0.1, 0.15) is 5.56 Å². The van der Waals surface area contributed by atoms with E-state index in [1.807, 2.05) is 24.3 Å². The summed E-state index contributed by atoms with van der Waals surface area (Å²) in [5, 5.41) is 2.81. The van der Waals surface area contributed by atoms with Crippen molar-refractivity contribution in [2.24, 2.45) is 0 Å². The molecule has 0 atom stereocenters. The van der Waals surface area contributed by atoms with Crippen molar-refractivity contribution in [3.63, 3.8) is 0 Å². The van der Waals surface area contributed by atoms with Crippen molar-refractivity contribution < 1.29 is 9.53 Å². The van der Waals surface area contributed by atoms with Crippen LogP contribution in [0.5, 0.6) is 5.75 Å². The zero-order valence-electron chi connectivity index (χ0n) is 9.03. The normalized spacial score (nSPS) is 16.1. The first-order valence-corrected chi connectivity index (χ1v) is 6.05. The SMILES string of the molecule is COc1ccc(C2=CC(=O)NCCS2)cc1. The molecule has 0 aromatic heterocycles. The number of hydrogen-bond acceptors (Lipinski definition) is 3. The van der Waals surface area contributed by atoms with Gasteiger partial charge >= 0.3 is 0 Å². The molecule has 0 spiro atoms. The molecule has 0 unspecified atom stereocenters. The maximum Gasteiger partial charge on any atom is 0.245 e. The van der Waals surface area contributed by atoms with Crippen LogP contribution < -0.4 is 10.1 Å². The molecule has 1 aliphatic rings. The van der Waals surface area contributed by atoms with Gasteiger partial charge in [-0.25, -0.2) is 0 Å². The van der Waals surface area contributed by atoms with Gasteiger partial charge < -0.3 is 10.1 Å². The molecule has 1 N–H and O–H groups in total. The molecule has 1 aromatic carbocycles. The third-order valence-electron chi connectivity index (χ3n) is 2.30. The molecular formula is C12H13NO2S. The Morgan fingerprint density at radius 2 is 2.06 bits per heavy atom. The summed E-state index contributed by atoms with van der Waals surface area (Å²) in [6, 6.07) is 7.74. The van der Waals surface area contributed by atoms with Gasteiger partial charge in [-0.05, 0) is 17.7 Å². The van der Waals surface area contributed by atoms with E-state index >= 15 is 0 Å². The van der Waals surface area contributed by atoms with Crippen LogP contribution in [0.4, 0.5) is 0 Å². The van der Waals surface area contributed by atoms with Crippen molar-refractivity contribution in [1.82, 2.24) is 5.32 Å². The molecule has 2 rings (SSSR count). The van der Waals surface area contributed by atoms with E-state index in [1.54, 1.807) is 24.9 Å². The number of benzene rings is 1. The van der Waals surface area contributed by atoms with Crippen LogP contribution in [0.25, 0.3) is 4.91 Å². The second kappa shape index (κ2) is 5.07. The Bertz CT molecular complexity index is 412. The molecule has 1 aliphatic heterocycles. The Morgan fingerprint density at radius 3 is 2.75 bits per heavy atom. The minimum Gasteiger partial charge on any atom is -0.497 e. The van der Waals surface area contributed by atoms with Crippen molar-refractivity contribution in [3.05, 3.63) is 35.9 Å². The van der Waals surface area contributed by atoms with Gasteiger partial charge in [-0.2, -0.15) is 0 Å². The summed E-state index contributed by atoms with van der Waals surface area (Å²) < 4.78 is 5.10. The minimum absolute atomic E-state index is 0.0178. The summed E-state index contributed by atoms with van der Waals surface area (Å²) in [5.41, 5.74) is 1.06. The summed E-state index contributed by atoms with van der Waals surface area (Å²) in [6.45, 7) is 0.722. The predicted octanol–water partition coefficient (Wildman–Crippen LogP) is 1.90. The molecule has 84 valence electrons. The van der Waals surface area contributed by atoms with Crippen molar-refractivity contribution in [2.45, 2.75) is 0 Å². The third-order valence-corrected chi connectivity index (χ3v) is 3.37. The van der Waals surface area contributed by atoms with E-state index in [-0.39, 0.29) is 5.91 Å². The Labute approximate surface area is 98.9 Å². The second-order valence-corrected chi connectivity index (χ2v) is 4.51. The number of thioether (sulfide) groups is 1. The fourth-order valence-electron chi connectivity index (χ4n) is 1.47. The fraction of sp³-hybridized carbons (Fsp3) is 0.250. The zero-order chi connectivity index (χ0) is 11.4. The highest BCUT2D eigenvalue weighted by molar-refractivity contribution is 8.08. The van der Waals surface area contributed by atoms with Crippen LogP contribution in [0.2, 0.25) is 0 Å². The van der Waals surface area contributed by atoms with Gasteiger partial charge in [0.15, 0.2) is 0 Å². The zero-order valence-corrected chi connectivity index (χ0v) is 9.84. The maximum absolute atomic E-state index is 11.4. The lowest BCUT2D eigenvalue weighted by Crippen LogP contribution is -2.21. The molecule has 0 fully saturated rings. The van der Waals surface area contributed by atoms with Gasteiger partial charge in [-0.15, -0.1) is 11.8 Å². The predicted molar refractivity (Wildman–Crippen MR) is 66.4 cm³/mol. The summed E-state index contributed by atoms with van der Waals surface area (Å²) in [6.07, 6.45) is 1.65. The van der Waals surface area contributed by atoms with Crippen LogP contribution in [0.15, 0.2) is 30.3 Å². The van der Waals surface area contributed by atoms with Gasteiger partial charge in [-0.1, -0.05) is 12.1 Å². The summed E-state index contributed by atoms with van der Waals surface area (Å²) in [7, 11) is 1.64. The second-order valence-electron chi connectivity index (χ2n) is 3.38. The number of ether oxygens (including phenoxy) is 1. The minimum atomic E-state index is -0.0178. The molecule has 1 aromatic rings. The van der Waals surface area contributed by atoms with Crippen LogP contribution in [0, 0.1) is 0 Å². The van der Waals surface area contributed by atoms with E-state index in [9.17, 15) is 4.79 Å². The number of rotatable bonds is 2.